The summed E-state index contributed by atoms with van der Waals surface area (Å²) in [6.45, 7) is 0. The van der Waals surface area contributed by atoms with Crippen LogP contribution in [0.25, 0.3) is 0 Å². The van der Waals surface area contributed by atoms with Crippen molar-refractivity contribution in [3.63, 3.8) is 0 Å². The molecule has 2 aromatic rings. The molecule has 16 heavy (non-hydrogen) atoms. The van der Waals surface area contributed by atoms with Gasteiger partial charge in [0.2, 0.25) is 0 Å². The lowest BCUT2D eigenvalue weighted by atomic mass is 10.0. The first-order valence-electron chi connectivity index (χ1n) is 4.82. The number of halogens is 3. The van der Waals surface area contributed by atoms with Gasteiger partial charge in [-0.2, -0.15) is 0 Å². The molecule has 0 aliphatic rings. The molecule has 2 rings (SSSR count). The second-order valence-electron chi connectivity index (χ2n) is 3.44. The fourth-order valence-electron chi connectivity index (χ4n) is 1.51. The second-order valence-corrected chi connectivity index (χ2v) is 3.88. The van der Waals surface area contributed by atoms with Crippen LogP contribution >= 0.6 is 11.6 Å². The first-order chi connectivity index (χ1) is 7.68. The van der Waals surface area contributed by atoms with Crippen LogP contribution in [-0.2, 0) is 0 Å². The molecule has 0 bridgehead atoms. The molecule has 0 amide bonds. The zero-order valence-electron chi connectivity index (χ0n) is 8.33. The van der Waals surface area contributed by atoms with Gasteiger partial charge in [0.25, 0.3) is 0 Å². The van der Waals surface area contributed by atoms with Crippen LogP contribution < -0.4 is 0 Å². The zero-order chi connectivity index (χ0) is 11.5. The highest BCUT2D eigenvalue weighted by atomic mass is 35.5. The van der Waals surface area contributed by atoms with Crippen LogP contribution in [-0.4, -0.2) is 0 Å². The smallest absolute Gasteiger partial charge is 0.128 e. The van der Waals surface area contributed by atoms with Gasteiger partial charge in [-0.25, -0.2) is 8.78 Å². The van der Waals surface area contributed by atoms with Crippen LogP contribution in [0.15, 0.2) is 48.5 Å². The second kappa shape index (κ2) is 4.62. The fraction of sp³-hybridized carbons (Fsp3) is 0.0769. The van der Waals surface area contributed by atoms with Crippen LogP contribution in [0.4, 0.5) is 8.78 Å². The molecule has 1 unspecified atom stereocenters. The predicted octanol–water partition coefficient (Wildman–Crippen LogP) is 4.29. The summed E-state index contributed by atoms with van der Waals surface area (Å²) < 4.78 is 26.5. The fourth-order valence-corrected chi connectivity index (χ4v) is 1.82. The molecule has 82 valence electrons. The highest BCUT2D eigenvalue weighted by Gasteiger charge is 2.15. The van der Waals surface area contributed by atoms with E-state index < -0.39 is 17.0 Å². The molecule has 0 saturated carbocycles. The van der Waals surface area contributed by atoms with Crippen molar-refractivity contribution in [3.8, 4) is 0 Å². The highest BCUT2D eigenvalue weighted by molar-refractivity contribution is 6.22. The normalized spacial score (nSPS) is 12.4. The summed E-state index contributed by atoms with van der Waals surface area (Å²) >= 11 is 6.10. The van der Waals surface area contributed by atoms with Crippen molar-refractivity contribution in [1.29, 1.82) is 0 Å². The van der Waals surface area contributed by atoms with Crippen LogP contribution in [0.1, 0.15) is 16.5 Å². The Labute approximate surface area is 97.5 Å². The molecule has 3 heteroatoms. The predicted molar refractivity (Wildman–Crippen MR) is 60.5 cm³/mol. The third-order valence-corrected chi connectivity index (χ3v) is 2.81. The average molecular weight is 239 g/mol. The van der Waals surface area contributed by atoms with Crippen LogP contribution in [0.2, 0.25) is 0 Å². The van der Waals surface area contributed by atoms with E-state index in [1.807, 2.05) is 18.2 Å². The lowest BCUT2D eigenvalue weighted by molar-refractivity contribution is 0.587. The molecular formula is C13H9ClF2. The van der Waals surface area contributed by atoms with Gasteiger partial charge in [-0.05, 0) is 23.8 Å². The SMILES string of the molecule is Fc1ccc(F)c(C(Cl)c2ccccc2)c1. The quantitative estimate of drug-likeness (QED) is 0.685. The van der Waals surface area contributed by atoms with Gasteiger partial charge in [0.05, 0.1) is 5.38 Å². The van der Waals surface area contributed by atoms with Gasteiger partial charge in [0, 0.05) is 5.56 Å². The largest absolute Gasteiger partial charge is 0.207 e. The Hall–Kier alpha value is -1.41. The lowest BCUT2D eigenvalue weighted by Crippen LogP contribution is -1.97. The van der Waals surface area contributed by atoms with Gasteiger partial charge < -0.3 is 0 Å². The van der Waals surface area contributed by atoms with Gasteiger partial charge in [-0.3, -0.25) is 0 Å². The first kappa shape index (κ1) is 11.1. The van der Waals surface area contributed by atoms with Crippen molar-refractivity contribution in [1.82, 2.24) is 0 Å². The molecular weight excluding hydrogens is 230 g/mol. The summed E-state index contributed by atoms with van der Waals surface area (Å²) in [6.07, 6.45) is 0. The number of hydrogen-bond acceptors (Lipinski definition) is 0. The Bertz CT molecular complexity index is 483. The molecule has 0 aliphatic heterocycles. The van der Waals surface area contributed by atoms with E-state index >= 15 is 0 Å². The van der Waals surface area contributed by atoms with Crippen molar-refractivity contribution >= 4 is 11.6 Å². The van der Waals surface area contributed by atoms with E-state index in [4.69, 9.17) is 11.6 Å². The summed E-state index contributed by atoms with van der Waals surface area (Å²) in [4.78, 5) is 0. The van der Waals surface area contributed by atoms with Gasteiger partial charge >= 0.3 is 0 Å². The number of benzene rings is 2. The van der Waals surface area contributed by atoms with Crippen LogP contribution in [0.3, 0.4) is 0 Å². The van der Waals surface area contributed by atoms with Gasteiger partial charge in [0.1, 0.15) is 11.6 Å². The summed E-state index contributed by atoms with van der Waals surface area (Å²) in [5, 5.41) is -0.670. The van der Waals surface area contributed by atoms with E-state index in [2.05, 4.69) is 0 Å². The third-order valence-electron chi connectivity index (χ3n) is 2.32. The topological polar surface area (TPSA) is 0 Å². The standard InChI is InChI=1S/C13H9ClF2/c14-13(9-4-2-1-3-5-9)11-8-10(15)6-7-12(11)16/h1-8,13H. The summed E-state index contributed by atoms with van der Waals surface area (Å²) in [5.41, 5.74) is 0.904. The minimum Gasteiger partial charge on any atom is -0.207 e. The monoisotopic (exact) mass is 238 g/mol. The van der Waals surface area contributed by atoms with Crippen molar-refractivity contribution in [2.45, 2.75) is 5.38 Å². The maximum Gasteiger partial charge on any atom is 0.128 e. The summed E-state index contributed by atoms with van der Waals surface area (Å²) in [7, 11) is 0. The van der Waals surface area contributed by atoms with E-state index in [0.717, 1.165) is 23.8 Å². The Morgan fingerprint density at radius 2 is 1.62 bits per heavy atom. The van der Waals surface area contributed by atoms with E-state index in [0.29, 0.717) is 0 Å². The number of hydrogen-bond donors (Lipinski definition) is 0. The van der Waals surface area contributed by atoms with Crippen LogP contribution in [0.5, 0.6) is 0 Å². The van der Waals surface area contributed by atoms with E-state index in [1.165, 1.54) is 0 Å². The molecule has 0 fully saturated rings. The average Bonchev–Trinajstić information content (AvgIpc) is 2.32. The van der Waals surface area contributed by atoms with E-state index in [-0.39, 0.29) is 5.56 Å². The molecule has 0 aliphatic carbocycles. The summed E-state index contributed by atoms with van der Waals surface area (Å²) in [6, 6.07) is 12.3. The molecule has 0 spiro atoms. The Morgan fingerprint density at radius 3 is 2.31 bits per heavy atom. The minimum atomic E-state index is -0.670. The van der Waals surface area contributed by atoms with Gasteiger partial charge in [-0.15, -0.1) is 11.6 Å². The molecule has 0 N–H and O–H groups in total. The molecule has 0 saturated heterocycles. The Kier molecular flexibility index (Phi) is 3.20. The minimum absolute atomic E-state index is 0.160. The van der Waals surface area contributed by atoms with Gasteiger partial charge in [0.15, 0.2) is 0 Å². The Morgan fingerprint density at radius 1 is 0.938 bits per heavy atom. The third kappa shape index (κ3) is 2.22. The van der Waals surface area contributed by atoms with Crippen LogP contribution in [0, 0.1) is 11.6 Å². The molecule has 0 radical (unpaired) electrons. The molecule has 0 nitrogen and oxygen atoms in total. The molecule has 0 aromatic heterocycles. The van der Waals surface area contributed by atoms with Gasteiger partial charge in [-0.1, -0.05) is 30.3 Å². The van der Waals surface area contributed by atoms with Crippen molar-refractivity contribution < 1.29 is 8.78 Å². The zero-order valence-corrected chi connectivity index (χ0v) is 9.09. The van der Waals surface area contributed by atoms with E-state index in [1.54, 1.807) is 12.1 Å². The van der Waals surface area contributed by atoms with E-state index in [9.17, 15) is 8.78 Å². The lowest BCUT2D eigenvalue weighted by Gasteiger charge is -2.11. The Balaban J connectivity index is 2.41. The number of alkyl halides is 1. The highest BCUT2D eigenvalue weighted by Crippen LogP contribution is 2.30. The maximum absolute atomic E-state index is 13.5. The first-order valence-corrected chi connectivity index (χ1v) is 5.26. The maximum atomic E-state index is 13.5. The number of rotatable bonds is 2. The van der Waals surface area contributed by atoms with Crippen molar-refractivity contribution in [3.05, 3.63) is 71.3 Å². The molecule has 1 atom stereocenters. The van der Waals surface area contributed by atoms with Crippen molar-refractivity contribution in [2.75, 3.05) is 0 Å². The summed E-state index contributed by atoms with van der Waals surface area (Å²) in [5.74, 6) is -0.983. The molecule has 0 heterocycles. The molecule has 2 aromatic carbocycles. The van der Waals surface area contributed by atoms with Crippen molar-refractivity contribution in [2.24, 2.45) is 0 Å².